The zero-order chi connectivity index (χ0) is 60.8. The summed E-state index contributed by atoms with van der Waals surface area (Å²) in [6.07, 6.45) is 16.4. The summed E-state index contributed by atoms with van der Waals surface area (Å²) in [5.41, 5.74) is 8.63. The molecule has 24 nitrogen and oxygen atoms in total. The molecule has 3 N–H and O–H groups in total. The van der Waals surface area contributed by atoms with Crippen molar-refractivity contribution in [1.29, 1.82) is 0 Å². The minimum Gasteiger partial charge on any atom is -0.444 e. The Morgan fingerprint density at radius 3 is 1.44 bits per heavy atom. The number of ether oxygens (including phenoxy) is 2. The normalized spacial score (nSPS) is 20.6. The van der Waals surface area contributed by atoms with Crippen LogP contribution in [0.25, 0.3) is 22.1 Å². The van der Waals surface area contributed by atoms with E-state index in [1.807, 2.05) is 68.9 Å². The van der Waals surface area contributed by atoms with Crippen molar-refractivity contribution in [2.24, 2.45) is 0 Å². The molecule has 0 aromatic carbocycles. The Bertz CT molecular complexity index is 3490. The largest absolute Gasteiger partial charge is 0.444 e. The molecule has 12 rings (SSSR count). The molecule has 2 saturated carbocycles. The van der Waals surface area contributed by atoms with E-state index >= 15 is 0 Å². The number of amides is 6. The summed E-state index contributed by atoms with van der Waals surface area (Å²) in [6.45, 7) is 12.0. The number of hydrogen-bond acceptors (Lipinski definition) is 16. The van der Waals surface area contributed by atoms with Crippen molar-refractivity contribution in [3.63, 3.8) is 0 Å². The van der Waals surface area contributed by atoms with Gasteiger partial charge in [-0.1, -0.05) is 0 Å². The quantitative estimate of drug-likeness (QED) is 0.134. The summed E-state index contributed by atoms with van der Waals surface area (Å²) in [5, 5.41) is 5.06. The fourth-order valence-corrected chi connectivity index (χ4v) is 11.9. The zero-order valence-corrected chi connectivity index (χ0v) is 50.9. The monoisotopic (exact) mass is 1180 g/mol. The van der Waals surface area contributed by atoms with Crippen LogP contribution in [-0.2, 0) is 19.1 Å². The van der Waals surface area contributed by atoms with Crippen LogP contribution in [-0.4, -0.2) is 171 Å². The third-order valence-corrected chi connectivity index (χ3v) is 16.5. The van der Waals surface area contributed by atoms with Gasteiger partial charge in [0.2, 0.25) is 23.0 Å². The van der Waals surface area contributed by atoms with Crippen LogP contribution in [0.15, 0.2) is 61.2 Å². The Balaban J connectivity index is 0.000000157. The Morgan fingerprint density at radius 1 is 0.576 bits per heavy atom. The Kier molecular flexibility index (Phi) is 17.0. The average Bonchev–Trinajstić information content (AvgIpc) is 3.11. The number of nitrogens with two attached hydrogens (primary N) is 1. The summed E-state index contributed by atoms with van der Waals surface area (Å²) in [6, 6.07) is 11.0. The lowest BCUT2D eigenvalue weighted by molar-refractivity contribution is -0.119. The molecule has 452 valence electrons. The van der Waals surface area contributed by atoms with E-state index in [2.05, 4.69) is 30.2 Å². The van der Waals surface area contributed by atoms with Gasteiger partial charge in [-0.25, -0.2) is 29.5 Å². The van der Waals surface area contributed by atoms with Gasteiger partial charge >= 0.3 is 12.2 Å². The van der Waals surface area contributed by atoms with Gasteiger partial charge in [-0.05, 0) is 154 Å². The molecular formula is C60H77ClN16O8. The summed E-state index contributed by atoms with van der Waals surface area (Å²) >= 11 is 5.88. The number of anilines is 5. The van der Waals surface area contributed by atoms with E-state index in [0.29, 0.717) is 65.9 Å². The fourth-order valence-electron chi connectivity index (χ4n) is 11.8. The van der Waals surface area contributed by atoms with E-state index in [1.54, 1.807) is 101 Å². The lowest BCUT2D eigenvalue weighted by Gasteiger charge is -2.31. The van der Waals surface area contributed by atoms with Crippen LogP contribution in [0.4, 0.5) is 38.5 Å². The van der Waals surface area contributed by atoms with Gasteiger partial charge in [-0.3, -0.25) is 29.0 Å². The number of fused-ring (bicyclic) bond motifs is 6. The van der Waals surface area contributed by atoms with Gasteiger partial charge < -0.3 is 49.3 Å². The lowest BCUT2D eigenvalue weighted by Crippen LogP contribution is -2.45. The highest BCUT2D eigenvalue weighted by Crippen LogP contribution is 2.40. The van der Waals surface area contributed by atoms with Crippen molar-refractivity contribution in [1.82, 2.24) is 58.6 Å². The standard InChI is InChI=1S/C30H38N8O4.C17H24N4O3.C13H15ClN4O/c1-30(2,3)42-29(41)37-20-9-10-22(37)17-36(25(39)14-20)21-11-12-24(31-16-21)33-28-32-15-18-13-23(27(40)35(4)5)38(26(18)34-28)19-7-6-8-19;1-17(2,3)24-16(23)21-11-4-5-13(21)10-20(15(22)8-11)12-6-7-14(18)19-9-12;1-17(2)12(19)10-6-8-7-15-13(14)16-11(8)18(10)9-4-3-5-9/h11-13,15-16,19-20,22H,6-10,14,17H2,1-5H3,(H,31,32,33,34);6-7,9,11,13H,4-5,8,10H2,1-3H3,(H2,18,19);6-7,9H,3-5H2,1-2H3. The first kappa shape index (κ1) is 60.0. The predicted molar refractivity (Wildman–Crippen MR) is 322 cm³/mol. The van der Waals surface area contributed by atoms with Crippen LogP contribution in [0, 0.1) is 0 Å². The van der Waals surface area contributed by atoms with E-state index in [-0.39, 0.29) is 77.7 Å². The van der Waals surface area contributed by atoms with Gasteiger partial charge in [0.1, 0.15) is 45.5 Å². The molecule has 4 bridgehead atoms. The first-order valence-corrected chi connectivity index (χ1v) is 29.6. The van der Waals surface area contributed by atoms with Gasteiger partial charge in [-0.2, -0.15) is 9.97 Å². The molecule has 10 heterocycles. The molecule has 6 amide bonds. The van der Waals surface area contributed by atoms with E-state index in [9.17, 15) is 28.8 Å². The Hall–Kier alpha value is -8.15. The van der Waals surface area contributed by atoms with E-state index in [0.717, 1.165) is 79.9 Å². The number of rotatable bonds is 8. The molecule has 4 aliphatic heterocycles. The smallest absolute Gasteiger partial charge is 0.410 e. The van der Waals surface area contributed by atoms with E-state index in [1.165, 1.54) is 6.42 Å². The molecule has 6 aliphatic rings. The van der Waals surface area contributed by atoms with Crippen molar-refractivity contribution in [2.75, 3.05) is 62.1 Å². The van der Waals surface area contributed by atoms with Crippen molar-refractivity contribution >= 4 is 98.4 Å². The zero-order valence-electron chi connectivity index (χ0n) is 50.1. The highest BCUT2D eigenvalue weighted by molar-refractivity contribution is 6.28. The minimum atomic E-state index is -0.597. The van der Waals surface area contributed by atoms with Crippen molar-refractivity contribution in [3.05, 3.63) is 77.9 Å². The Morgan fingerprint density at radius 2 is 1.02 bits per heavy atom. The number of nitrogens with zero attached hydrogens (tertiary/aromatic N) is 14. The number of carbonyl (C=O) groups excluding carboxylic acids is 6. The summed E-state index contributed by atoms with van der Waals surface area (Å²) in [5.74, 6) is 1.22. The van der Waals surface area contributed by atoms with Crippen LogP contribution in [0.3, 0.4) is 0 Å². The number of carbonyl (C=O) groups is 6. The third kappa shape index (κ3) is 13.1. The van der Waals surface area contributed by atoms with Crippen LogP contribution in [0.5, 0.6) is 0 Å². The Labute approximate surface area is 499 Å². The van der Waals surface area contributed by atoms with Crippen LogP contribution in [0.2, 0.25) is 5.28 Å². The molecule has 85 heavy (non-hydrogen) atoms. The number of pyridine rings is 2. The highest BCUT2D eigenvalue weighted by atomic mass is 35.5. The third-order valence-electron chi connectivity index (χ3n) is 16.3. The molecule has 4 atom stereocenters. The van der Waals surface area contributed by atoms with E-state index in [4.69, 9.17) is 31.8 Å². The predicted octanol–water partition coefficient (Wildman–Crippen LogP) is 9.18. The van der Waals surface area contributed by atoms with Crippen LogP contribution in [0.1, 0.15) is 152 Å². The first-order valence-electron chi connectivity index (χ1n) is 29.2. The van der Waals surface area contributed by atoms with Gasteiger partial charge in [0.15, 0.2) is 0 Å². The van der Waals surface area contributed by atoms with Gasteiger partial charge in [0, 0.05) is 101 Å². The molecule has 6 fully saturated rings. The van der Waals surface area contributed by atoms with Crippen LogP contribution >= 0.6 is 11.6 Å². The number of hydrogen-bond donors (Lipinski definition) is 2. The minimum absolute atomic E-state index is 0.00216. The SMILES string of the molecule is CC(C)(C)OC(=O)N1C2CCC1CN(c1ccc(N)nc1)C(=O)C2.CN(C)C(=O)c1cc2cnc(Cl)nc2n1C1CCC1.CN(C)C(=O)c1cc2cnc(Nc3ccc(N4CC5CCC(CC4=O)N5C(=O)OC(C)(C)C)cn3)nc2n1C1CCC1. The highest BCUT2D eigenvalue weighted by Gasteiger charge is 2.46. The van der Waals surface area contributed by atoms with Crippen LogP contribution < -0.4 is 20.9 Å². The molecular weight excluding hydrogens is 1110 g/mol. The molecule has 2 aliphatic carbocycles. The van der Waals surface area contributed by atoms with Gasteiger partial charge in [0.05, 0.1) is 35.9 Å². The molecule has 6 aromatic heterocycles. The summed E-state index contributed by atoms with van der Waals surface area (Å²) in [4.78, 5) is 113. The van der Waals surface area contributed by atoms with Crippen molar-refractivity contribution in [3.8, 4) is 0 Å². The van der Waals surface area contributed by atoms with Gasteiger partial charge in [0.25, 0.3) is 11.8 Å². The average molecular weight is 1190 g/mol. The van der Waals surface area contributed by atoms with Crippen molar-refractivity contribution < 1.29 is 38.2 Å². The molecule has 0 spiro atoms. The summed E-state index contributed by atoms with van der Waals surface area (Å²) in [7, 11) is 7.01. The van der Waals surface area contributed by atoms with Crippen molar-refractivity contribution in [2.45, 2.75) is 166 Å². The maximum Gasteiger partial charge on any atom is 0.410 e. The number of aromatic nitrogens is 8. The summed E-state index contributed by atoms with van der Waals surface area (Å²) < 4.78 is 15.2. The van der Waals surface area contributed by atoms with E-state index < -0.39 is 11.2 Å². The topological polar surface area (TPSA) is 266 Å². The maximum atomic E-state index is 13.2. The molecule has 0 radical (unpaired) electrons. The fraction of sp³-hybridized carbons (Fsp3) is 0.533. The molecule has 4 saturated heterocycles. The second-order valence-electron chi connectivity index (χ2n) is 25.2. The maximum absolute atomic E-state index is 13.2. The number of nitrogen functional groups attached to an aromatic ring is 1. The number of nitrogens with one attached hydrogen (secondary N) is 1. The van der Waals surface area contributed by atoms with Gasteiger partial charge in [-0.15, -0.1) is 0 Å². The molecule has 25 heteroatoms. The lowest BCUT2D eigenvalue weighted by atomic mass is 9.92. The second kappa shape index (κ2) is 24.1. The second-order valence-corrected chi connectivity index (χ2v) is 25.5. The molecule has 4 unspecified atom stereocenters. The molecule has 6 aromatic rings. The first-order chi connectivity index (χ1) is 40.3. The number of halogens is 1.